The van der Waals surface area contributed by atoms with Crippen LogP contribution in [0.5, 0.6) is 5.75 Å². The lowest BCUT2D eigenvalue weighted by Crippen LogP contribution is -2.65. The zero-order valence-corrected chi connectivity index (χ0v) is 17.1. The van der Waals surface area contributed by atoms with Crippen molar-refractivity contribution in [2.75, 3.05) is 0 Å². The molecule has 3 aliphatic carbocycles. The van der Waals surface area contributed by atoms with Gasteiger partial charge in [0, 0.05) is 6.04 Å². The first-order chi connectivity index (χ1) is 14.5. The number of carbonyl (C=O) groups is 2. The van der Waals surface area contributed by atoms with Gasteiger partial charge in [-0.3, -0.25) is 0 Å². The number of carbonyl (C=O) groups excluding carboxylic acids is 1. The maximum absolute atomic E-state index is 12.7. The van der Waals surface area contributed by atoms with E-state index in [1.54, 1.807) is 24.3 Å². The summed E-state index contributed by atoms with van der Waals surface area (Å²) in [7, 11) is 0. The van der Waals surface area contributed by atoms with E-state index in [9.17, 15) is 9.59 Å². The summed E-state index contributed by atoms with van der Waals surface area (Å²) in [5, 5.41) is 15.3. The summed E-state index contributed by atoms with van der Waals surface area (Å²) >= 11 is 0. The monoisotopic (exact) mass is 414 g/mol. The van der Waals surface area contributed by atoms with E-state index in [1.807, 2.05) is 0 Å². The summed E-state index contributed by atoms with van der Waals surface area (Å²) < 4.78 is 12.2. The molecular formula is C23H30N2O5. The molecule has 5 aliphatic rings. The van der Waals surface area contributed by atoms with Crippen molar-refractivity contribution in [3.8, 4) is 5.75 Å². The van der Waals surface area contributed by atoms with Gasteiger partial charge in [-0.1, -0.05) is 0 Å². The summed E-state index contributed by atoms with van der Waals surface area (Å²) in [5.41, 5.74) is -0.189. The number of nitrogens with one attached hydrogen (secondary N) is 2. The molecule has 30 heavy (non-hydrogen) atoms. The van der Waals surface area contributed by atoms with Crippen LogP contribution in [0.4, 0.5) is 4.79 Å². The third kappa shape index (κ3) is 4.13. The summed E-state index contributed by atoms with van der Waals surface area (Å²) in [5.74, 6) is 1.15. The maximum atomic E-state index is 12.7. The van der Waals surface area contributed by atoms with Crippen LogP contribution < -0.4 is 15.4 Å². The van der Waals surface area contributed by atoms with Gasteiger partial charge < -0.3 is 25.2 Å². The average molecular weight is 415 g/mol. The number of benzene rings is 1. The highest BCUT2D eigenvalue weighted by molar-refractivity contribution is 5.87. The lowest BCUT2D eigenvalue weighted by Gasteiger charge is -2.56. The minimum Gasteiger partial charge on any atom is -0.490 e. The van der Waals surface area contributed by atoms with E-state index < -0.39 is 11.7 Å². The van der Waals surface area contributed by atoms with Crippen molar-refractivity contribution in [3.63, 3.8) is 0 Å². The van der Waals surface area contributed by atoms with E-state index in [-0.39, 0.29) is 23.7 Å². The summed E-state index contributed by atoms with van der Waals surface area (Å²) in [6.07, 6.45) is 9.40. The Hall–Kier alpha value is -2.28. The predicted molar refractivity (Wildman–Crippen MR) is 109 cm³/mol. The fraction of sp³-hybridized carbons (Fsp3) is 0.652. The lowest BCUT2D eigenvalue weighted by atomic mass is 9.65. The first kappa shape index (κ1) is 19.7. The minimum atomic E-state index is -0.939. The molecule has 2 amide bonds. The molecular weight excluding hydrogens is 384 g/mol. The molecule has 2 unspecified atom stereocenters. The molecule has 7 heteroatoms. The van der Waals surface area contributed by atoms with E-state index in [1.165, 1.54) is 6.42 Å². The van der Waals surface area contributed by atoms with Gasteiger partial charge in [0.1, 0.15) is 11.5 Å². The zero-order chi connectivity index (χ0) is 20.7. The normalized spacial score (nSPS) is 36.9. The first-order valence-corrected chi connectivity index (χ1v) is 11.2. The van der Waals surface area contributed by atoms with Crippen molar-refractivity contribution in [1.29, 1.82) is 0 Å². The average Bonchev–Trinajstić information content (AvgIpc) is 2.68. The van der Waals surface area contributed by atoms with E-state index in [0.29, 0.717) is 23.7 Å². The Labute approximate surface area is 176 Å². The third-order valence-corrected chi connectivity index (χ3v) is 7.24. The standard InChI is InChI=1S/C23H30N2O5/c26-21(27)16-1-5-18(6-2-16)29-19-7-3-17(4-8-19)24-22(28)25-23-12-14-9-15(13-23)11-20(10-14)30-23/h1-2,5-6,14-15,17,19-20H,3-4,7-13H2,(H,26,27)(H2,24,25,28). The molecule has 7 nitrogen and oxygen atoms in total. The number of urea groups is 1. The van der Waals surface area contributed by atoms with Gasteiger partial charge in [0.2, 0.25) is 0 Å². The van der Waals surface area contributed by atoms with Crippen molar-refractivity contribution < 1.29 is 24.2 Å². The van der Waals surface area contributed by atoms with Crippen molar-refractivity contribution in [1.82, 2.24) is 10.6 Å². The second-order valence-corrected chi connectivity index (χ2v) is 9.60. The minimum absolute atomic E-state index is 0.0910. The summed E-state index contributed by atoms with van der Waals surface area (Å²) in [4.78, 5) is 23.6. The van der Waals surface area contributed by atoms with Gasteiger partial charge in [-0.15, -0.1) is 0 Å². The van der Waals surface area contributed by atoms with Gasteiger partial charge in [-0.25, -0.2) is 9.59 Å². The predicted octanol–water partition coefficient (Wildman–Crippen LogP) is 3.68. The molecule has 3 N–H and O–H groups in total. The molecule has 162 valence electrons. The number of carboxylic acid groups (broad SMARTS) is 1. The second kappa shape index (κ2) is 7.76. The number of amides is 2. The van der Waals surface area contributed by atoms with Crippen molar-refractivity contribution in [2.24, 2.45) is 11.8 Å². The Bertz CT molecular complexity index is 765. The Balaban J connectivity index is 1.08. The molecule has 2 aliphatic heterocycles. The number of aromatic carboxylic acids is 1. The molecule has 0 aromatic heterocycles. The molecule has 4 bridgehead atoms. The number of hydrogen-bond donors (Lipinski definition) is 3. The zero-order valence-electron chi connectivity index (χ0n) is 17.1. The van der Waals surface area contributed by atoms with Crippen LogP contribution in [0.3, 0.4) is 0 Å². The SMILES string of the molecule is O=C(NC1CCC(Oc2ccc(C(=O)O)cc2)CC1)NC12CC3CC(CC(C3)O1)C2. The van der Waals surface area contributed by atoms with Crippen LogP contribution in [0.1, 0.15) is 68.1 Å². The molecule has 5 fully saturated rings. The lowest BCUT2D eigenvalue weighted by molar-refractivity contribution is -0.228. The van der Waals surface area contributed by atoms with E-state index in [4.69, 9.17) is 14.6 Å². The molecule has 2 saturated heterocycles. The van der Waals surface area contributed by atoms with Crippen molar-refractivity contribution in [3.05, 3.63) is 29.8 Å². The molecule has 6 rings (SSSR count). The quantitative estimate of drug-likeness (QED) is 0.683. The second-order valence-electron chi connectivity index (χ2n) is 9.60. The third-order valence-electron chi connectivity index (χ3n) is 7.24. The van der Waals surface area contributed by atoms with Gasteiger partial charge in [0.15, 0.2) is 0 Å². The maximum Gasteiger partial charge on any atom is 0.335 e. The Morgan fingerprint density at radius 3 is 2.27 bits per heavy atom. The Kier molecular flexibility index (Phi) is 5.09. The number of rotatable bonds is 5. The van der Waals surface area contributed by atoms with Crippen LogP contribution in [0.2, 0.25) is 0 Å². The molecule has 2 atom stereocenters. The van der Waals surface area contributed by atoms with Crippen LogP contribution in [-0.2, 0) is 4.74 Å². The molecule has 2 heterocycles. The number of ether oxygens (including phenoxy) is 2. The van der Waals surface area contributed by atoms with Gasteiger partial charge in [-0.05, 0) is 93.9 Å². The molecule has 0 spiro atoms. The Morgan fingerprint density at radius 2 is 1.67 bits per heavy atom. The number of hydrogen-bond acceptors (Lipinski definition) is 4. The number of carboxylic acids is 1. The molecule has 0 radical (unpaired) electrons. The van der Waals surface area contributed by atoms with Gasteiger partial charge in [0.05, 0.1) is 17.8 Å². The molecule has 1 aromatic carbocycles. The van der Waals surface area contributed by atoms with Gasteiger partial charge in [0.25, 0.3) is 0 Å². The van der Waals surface area contributed by atoms with Crippen molar-refractivity contribution >= 4 is 12.0 Å². The fourth-order valence-corrected chi connectivity index (χ4v) is 6.12. The smallest absolute Gasteiger partial charge is 0.335 e. The Morgan fingerprint density at radius 1 is 1.00 bits per heavy atom. The summed E-state index contributed by atoms with van der Waals surface area (Å²) in [6.45, 7) is 0. The van der Waals surface area contributed by atoms with Crippen molar-refractivity contribution in [2.45, 2.75) is 81.8 Å². The molecule has 3 saturated carbocycles. The van der Waals surface area contributed by atoms with Crippen LogP contribution in [0, 0.1) is 11.8 Å². The van der Waals surface area contributed by atoms with Crippen LogP contribution >= 0.6 is 0 Å². The van der Waals surface area contributed by atoms with Crippen LogP contribution in [0.25, 0.3) is 0 Å². The van der Waals surface area contributed by atoms with Crippen LogP contribution in [-0.4, -0.2) is 41.1 Å². The van der Waals surface area contributed by atoms with Gasteiger partial charge in [-0.2, -0.15) is 0 Å². The summed E-state index contributed by atoms with van der Waals surface area (Å²) in [6, 6.07) is 6.56. The van der Waals surface area contributed by atoms with Gasteiger partial charge >= 0.3 is 12.0 Å². The fourth-order valence-electron chi connectivity index (χ4n) is 6.12. The molecule has 1 aromatic rings. The topological polar surface area (TPSA) is 96.9 Å². The van der Waals surface area contributed by atoms with E-state index >= 15 is 0 Å². The first-order valence-electron chi connectivity index (χ1n) is 11.2. The highest BCUT2D eigenvalue weighted by Gasteiger charge is 2.52. The van der Waals surface area contributed by atoms with E-state index in [0.717, 1.165) is 51.4 Å². The highest BCUT2D eigenvalue weighted by Crippen LogP contribution is 2.51. The largest absolute Gasteiger partial charge is 0.490 e. The van der Waals surface area contributed by atoms with E-state index in [2.05, 4.69) is 10.6 Å². The van der Waals surface area contributed by atoms with Crippen LogP contribution in [0.15, 0.2) is 24.3 Å². The highest BCUT2D eigenvalue weighted by atomic mass is 16.5.